The number of hydrogen-bond acceptors (Lipinski definition) is 2. The monoisotopic (exact) mass is 485 g/mol. The van der Waals surface area contributed by atoms with Gasteiger partial charge in [0.25, 0.3) is 5.91 Å². The lowest BCUT2D eigenvalue weighted by Gasteiger charge is -2.35. The summed E-state index contributed by atoms with van der Waals surface area (Å²) < 4.78 is 0. The van der Waals surface area contributed by atoms with E-state index in [0.29, 0.717) is 37.7 Å². The summed E-state index contributed by atoms with van der Waals surface area (Å²) in [5.74, 6) is -0.344. The van der Waals surface area contributed by atoms with E-state index in [0.717, 1.165) is 5.56 Å². The largest absolute Gasteiger partial charge is 0.326 e. The first-order chi connectivity index (χ1) is 15.3. The summed E-state index contributed by atoms with van der Waals surface area (Å²) in [7, 11) is 0. The highest BCUT2D eigenvalue weighted by Crippen LogP contribution is 2.35. The molecule has 0 radical (unpaired) electrons. The van der Waals surface area contributed by atoms with E-state index >= 15 is 0 Å². The molecule has 0 saturated heterocycles. The Hall–Kier alpha value is -2.99. The van der Waals surface area contributed by atoms with E-state index in [1.54, 1.807) is 79.7 Å². The third-order valence-corrected chi connectivity index (χ3v) is 5.88. The number of carbonyl (C=O) groups excluding carboxylic acids is 2. The van der Waals surface area contributed by atoms with Crippen molar-refractivity contribution < 1.29 is 9.59 Å². The van der Waals surface area contributed by atoms with E-state index in [-0.39, 0.29) is 11.9 Å². The Labute approximate surface area is 200 Å². The van der Waals surface area contributed by atoms with Gasteiger partial charge in [0.05, 0.1) is 17.3 Å². The number of halogens is 3. The molecule has 3 amide bonds. The van der Waals surface area contributed by atoms with Crippen LogP contribution in [0.25, 0.3) is 0 Å². The van der Waals surface area contributed by atoms with Gasteiger partial charge in [-0.2, -0.15) is 0 Å². The van der Waals surface area contributed by atoms with Crippen LogP contribution >= 0.6 is 34.8 Å². The number of hydrogen-bond donors (Lipinski definition) is 2. The Bertz CT molecular complexity index is 1190. The Kier molecular flexibility index (Phi) is 6.42. The van der Waals surface area contributed by atoms with Gasteiger partial charge in [0.2, 0.25) is 0 Å². The first kappa shape index (κ1) is 22.2. The van der Waals surface area contributed by atoms with E-state index < -0.39 is 6.04 Å². The summed E-state index contributed by atoms with van der Waals surface area (Å²) in [6.45, 7) is 1.74. The van der Waals surface area contributed by atoms with Crippen LogP contribution in [-0.4, -0.2) is 11.9 Å². The maximum Gasteiger partial charge on any atom is 0.326 e. The SMILES string of the molecule is CC1=C(C(=O)Nc2ccc(Cl)cc2)[C@H](c2ccc(Cl)cc2)NC(=O)N1c1ccc(Cl)cc1. The average molecular weight is 487 g/mol. The van der Waals surface area contributed by atoms with E-state index in [1.807, 2.05) is 0 Å². The van der Waals surface area contributed by atoms with Crippen LogP contribution in [0.3, 0.4) is 0 Å². The van der Waals surface area contributed by atoms with Crippen LogP contribution in [0.5, 0.6) is 0 Å². The van der Waals surface area contributed by atoms with Crippen molar-refractivity contribution in [2.24, 2.45) is 0 Å². The molecule has 2 N–H and O–H groups in total. The topological polar surface area (TPSA) is 61.4 Å². The summed E-state index contributed by atoms with van der Waals surface area (Å²) in [6.07, 6.45) is 0. The maximum atomic E-state index is 13.4. The number of urea groups is 1. The van der Waals surface area contributed by atoms with Crippen molar-refractivity contribution in [2.75, 3.05) is 10.2 Å². The van der Waals surface area contributed by atoms with Crippen molar-refractivity contribution in [3.63, 3.8) is 0 Å². The van der Waals surface area contributed by atoms with Gasteiger partial charge < -0.3 is 10.6 Å². The molecule has 0 fully saturated rings. The van der Waals surface area contributed by atoms with Gasteiger partial charge in [0.1, 0.15) is 0 Å². The third kappa shape index (κ3) is 4.60. The highest BCUT2D eigenvalue weighted by molar-refractivity contribution is 6.31. The molecule has 3 aromatic rings. The fraction of sp³-hybridized carbons (Fsp3) is 0.0833. The van der Waals surface area contributed by atoms with Gasteiger partial charge in [0, 0.05) is 26.5 Å². The molecular formula is C24H18Cl3N3O2. The van der Waals surface area contributed by atoms with Crippen molar-refractivity contribution in [3.05, 3.63) is 105 Å². The van der Waals surface area contributed by atoms with Crippen LogP contribution in [0.15, 0.2) is 84.1 Å². The second kappa shape index (κ2) is 9.25. The molecule has 3 aromatic carbocycles. The molecule has 1 atom stereocenters. The minimum absolute atomic E-state index is 0.344. The number of allylic oxidation sites excluding steroid dienone is 1. The van der Waals surface area contributed by atoms with Crippen molar-refractivity contribution in [1.82, 2.24) is 5.32 Å². The lowest BCUT2D eigenvalue weighted by atomic mass is 9.94. The lowest BCUT2D eigenvalue weighted by molar-refractivity contribution is -0.113. The highest BCUT2D eigenvalue weighted by atomic mass is 35.5. The number of rotatable bonds is 4. The van der Waals surface area contributed by atoms with Gasteiger partial charge in [0.15, 0.2) is 0 Å². The van der Waals surface area contributed by atoms with Gasteiger partial charge in [-0.25, -0.2) is 4.79 Å². The molecule has 0 unspecified atom stereocenters. The number of nitrogens with one attached hydrogen (secondary N) is 2. The van der Waals surface area contributed by atoms with Crippen LogP contribution in [0.4, 0.5) is 16.2 Å². The molecule has 0 spiro atoms. The van der Waals surface area contributed by atoms with Crippen LogP contribution in [-0.2, 0) is 4.79 Å². The molecular weight excluding hydrogens is 469 g/mol. The molecule has 8 heteroatoms. The average Bonchev–Trinajstić information content (AvgIpc) is 2.76. The number of nitrogens with zero attached hydrogens (tertiary/aromatic N) is 1. The van der Waals surface area contributed by atoms with E-state index in [2.05, 4.69) is 10.6 Å². The van der Waals surface area contributed by atoms with Gasteiger partial charge in [-0.15, -0.1) is 0 Å². The predicted octanol–water partition coefficient (Wildman–Crippen LogP) is 6.83. The Morgan fingerprint density at radius 2 is 1.34 bits per heavy atom. The normalized spacial score (nSPS) is 16.1. The number of carbonyl (C=O) groups is 2. The standard InChI is InChI=1S/C24H18Cl3N3O2/c1-14-21(23(31)28-19-10-6-17(26)7-11-19)22(15-2-4-16(25)5-3-15)29-24(32)30(14)20-12-8-18(27)9-13-20/h2-13,22H,1H3,(H,28,31)(H,29,32)/t22-/m0/s1. The predicted molar refractivity (Wildman–Crippen MR) is 129 cm³/mol. The first-order valence-corrected chi connectivity index (χ1v) is 10.9. The van der Waals surface area contributed by atoms with Gasteiger partial charge in [-0.05, 0) is 73.2 Å². The Morgan fingerprint density at radius 1 is 0.844 bits per heavy atom. The van der Waals surface area contributed by atoms with Gasteiger partial charge in [-0.1, -0.05) is 46.9 Å². The third-order valence-electron chi connectivity index (χ3n) is 5.12. The molecule has 162 valence electrons. The quantitative estimate of drug-likeness (QED) is 0.424. The van der Waals surface area contributed by atoms with E-state index in [1.165, 1.54) is 4.90 Å². The van der Waals surface area contributed by atoms with Crippen LogP contribution < -0.4 is 15.5 Å². The van der Waals surface area contributed by atoms with E-state index in [9.17, 15) is 9.59 Å². The maximum absolute atomic E-state index is 13.4. The van der Waals surface area contributed by atoms with Gasteiger partial charge >= 0.3 is 6.03 Å². The number of anilines is 2. The van der Waals surface area contributed by atoms with Crippen molar-refractivity contribution in [2.45, 2.75) is 13.0 Å². The van der Waals surface area contributed by atoms with Crippen molar-refractivity contribution in [3.8, 4) is 0 Å². The molecule has 0 aromatic heterocycles. The highest BCUT2D eigenvalue weighted by Gasteiger charge is 2.36. The van der Waals surface area contributed by atoms with Gasteiger partial charge in [-0.3, -0.25) is 9.69 Å². The second-order valence-corrected chi connectivity index (χ2v) is 8.52. The molecule has 0 aliphatic carbocycles. The molecule has 0 saturated carbocycles. The minimum Gasteiger partial charge on any atom is -0.326 e. The number of amides is 3. The summed E-state index contributed by atoms with van der Waals surface area (Å²) >= 11 is 18.0. The zero-order chi connectivity index (χ0) is 22.8. The van der Waals surface area contributed by atoms with Crippen LogP contribution in [0.2, 0.25) is 15.1 Å². The summed E-state index contributed by atoms with van der Waals surface area (Å²) in [4.78, 5) is 28.0. The Morgan fingerprint density at radius 3 is 1.91 bits per heavy atom. The Balaban J connectivity index is 1.79. The second-order valence-electron chi connectivity index (χ2n) is 7.21. The smallest absolute Gasteiger partial charge is 0.326 e. The fourth-order valence-corrected chi connectivity index (χ4v) is 3.95. The summed E-state index contributed by atoms with van der Waals surface area (Å²) in [5, 5.41) is 7.51. The molecule has 0 bridgehead atoms. The molecule has 5 nitrogen and oxygen atoms in total. The van der Waals surface area contributed by atoms with Crippen molar-refractivity contribution >= 4 is 58.1 Å². The molecule has 4 rings (SSSR count). The van der Waals surface area contributed by atoms with Crippen molar-refractivity contribution in [1.29, 1.82) is 0 Å². The molecule has 1 heterocycles. The zero-order valence-corrected chi connectivity index (χ0v) is 19.2. The minimum atomic E-state index is -0.657. The molecule has 32 heavy (non-hydrogen) atoms. The van der Waals surface area contributed by atoms with Crippen LogP contribution in [0.1, 0.15) is 18.5 Å². The zero-order valence-electron chi connectivity index (χ0n) is 16.9. The number of benzene rings is 3. The van der Waals surface area contributed by atoms with E-state index in [4.69, 9.17) is 34.8 Å². The summed E-state index contributed by atoms with van der Waals surface area (Å²) in [5.41, 5.74) is 2.82. The lowest BCUT2D eigenvalue weighted by Crippen LogP contribution is -2.48. The summed E-state index contributed by atoms with van der Waals surface area (Å²) in [6, 6.07) is 19.6. The molecule has 1 aliphatic heterocycles. The van der Waals surface area contributed by atoms with Crippen LogP contribution in [0, 0.1) is 0 Å². The molecule has 1 aliphatic rings. The first-order valence-electron chi connectivity index (χ1n) is 9.73. The fourth-order valence-electron chi connectivity index (χ4n) is 3.58.